The fourth-order valence-corrected chi connectivity index (χ4v) is 7.10. The molecule has 0 heterocycles. The summed E-state index contributed by atoms with van der Waals surface area (Å²) in [5, 5.41) is 4.42. The Balaban J connectivity index is 0.000000311. The zero-order valence-corrected chi connectivity index (χ0v) is 24.1. The van der Waals surface area contributed by atoms with Gasteiger partial charge in [0.2, 0.25) is 0 Å². The van der Waals surface area contributed by atoms with Crippen molar-refractivity contribution in [2.75, 3.05) is 0 Å². The maximum atomic E-state index is 4.89. The zero-order chi connectivity index (χ0) is 23.2. The van der Waals surface area contributed by atoms with E-state index in [1.807, 2.05) is 0 Å². The Kier molecular flexibility index (Phi) is 15.6. The molecule has 0 aromatic heterocycles. The van der Waals surface area contributed by atoms with E-state index in [2.05, 4.69) is 90.1 Å². The molecule has 2 unspecified atom stereocenters. The van der Waals surface area contributed by atoms with E-state index in [-0.39, 0.29) is 7.92 Å². The molecule has 0 radical (unpaired) electrons. The molecule has 2 atom stereocenters. The van der Waals surface area contributed by atoms with Crippen molar-refractivity contribution in [3.05, 3.63) is 59.7 Å². The minimum atomic E-state index is -0.556. The minimum absolute atomic E-state index is 0.0252. The van der Waals surface area contributed by atoms with E-state index in [1.165, 1.54) is 54.0 Å². The summed E-state index contributed by atoms with van der Waals surface area (Å²) in [6.07, 6.45) is 13.1. The van der Waals surface area contributed by atoms with Crippen molar-refractivity contribution < 1.29 is 17.0 Å². The third-order valence-electron chi connectivity index (χ3n) is 6.01. The Morgan fingerprint density at radius 2 is 1.71 bits per heavy atom. The van der Waals surface area contributed by atoms with Crippen molar-refractivity contribution in [3.8, 4) is 0 Å². The fraction of sp³-hybridized carbons (Fsp3) is 0.519. The summed E-state index contributed by atoms with van der Waals surface area (Å²) in [4.78, 5) is 0. The van der Waals surface area contributed by atoms with E-state index in [4.69, 9.17) is 18.6 Å². The number of unbranched alkanes of at least 4 members (excludes halogenated alkanes) is 1. The van der Waals surface area contributed by atoms with Crippen LogP contribution in [0.25, 0.3) is 10.8 Å². The first-order valence-corrected chi connectivity index (χ1v) is 17.4. The van der Waals surface area contributed by atoms with Crippen molar-refractivity contribution in [3.63, 3.8) is 0 Å². The van der Waals surface area contributed by atoms with Crippen LogP contribution in [-0.4, -0.2) is 11.3 Å². The standard InChI is InChI=1S/C17H24P.C10H15.2ClH.Ti/c1-5-13(3)18(14(4)6-2)17-11-15-9-7-8-10-16(15)12-17;1-3-4-7-10-8-5-6-9(10)2;;;/h7-14H,5-6H2,1-4H3;6H,3-5,7H2,1-2H3;2*1H;/q2*-1;;;+2/p-2. The average Bonchev–Trinajstić information content (AvgIpc) is 3.38. The third kappa shape index (κ3) is 9.82. The molecule has 3 rings (SSSR count). The van der Waals surface area contributed by atoms with E-state index < -0.39 is 17.0 Å². The summed E-state index contributed by atoms with van der Waals surface area (Å²) >= 11 is -0.556. The van der Waals surface area contributed by atoms with Gasteiger partial charge >= 0.3 is 35.6 Å². The molecule has 172 valence electrons. The van der Waals surface area contributed by atoms with Crippen LogP contribution in [0, 0.1) is 6.08 Å². The summed E-state index contributed by atoms with van der Waals surface area (Å²) in [6, 6.07) is 13.6. The molecule has 0 saturated heterocycles. The summed E-state index contributed by atoms with van der Waals surface area (Å²) in [6.45, 7) is 13.9. The Bertz CT molecular complexity index is 765. The van der Waals surface area contributed by atoms with Gasteiger partial charge in [-0.25, -0.2) is 11.1 Å². The van der Waals surface area contributed by atoms with Crippen molar-refractivity contribution in [2.24, 2.45) is 0 Å². The normalized spacial score (nSPS) is 15.6. The van der Waals surface area contributed by atoms with Gasteiger partial charge in [-0.3, -0.25) is 6.08 Å². The van der Waals surface area contributed by atoms with E-state index in [0.29, 0.717) is 0 Å². The first-order chi connectivity index (χ1) is 14.9. The van der Waals surface area contributed by atoms with E-state index in [9.17, 15) is 0 Å². The SMILES string of the molecule is CCC(C)P(c1cc2ccccc2[cH-]1)C(C)CC.CCCCC1=[C-]CC=C1C.[Cl][Ti][Cl]. The molecule has 1 aliphatic rings. The van der Waals surface area contributed by atoms with E-state index in [0.717, 1.165) is 17.7 Å². The van der Waals surface area contributed by atoms with Crippen molar-refractivity contribution in [1.82, 2.24) is 0 Å². The van der Waals surface area contributed by atoms with Gasteiger partial charge in [-0.2, -0.15) is 12.1 Å². The van der Waals surface area contributed by atoms with Crippen LogP contribution in [0.5, 0.6) is 0 Å². The van der Waals surface area contributed by atoms with Crippen LogP contribution >= 0.6 is 26.5 Å². The van der Waals surface area contributed by atoms with Gasteiger partial charge in [0.05, 0.1) is 0 Å². The molecule has 0 bridgehead atoms. The summed E-state index contributed by atoms with van der Waals surface area (Å²) < 4.78 is 0. The molecule has 2 aromatic carbocycles. The van der Waals surface area contributed by atoms with Gasteiger partial charge in [0.1, 0.15) is 0 Å². The first kappa shape index (κ1) is 29.1. The number of hydrogen-bond donors (Lipinski definition) is 0. The number of rotatable bonds is 8. The second-order valence-electron chi connectivity index (χ2n) is 8.19. The Morgan fingerprint density at radius 3 is 2.19 bits per heavy atom. The Labute approximate surface area is 209 Å². The van der Waals surface area contributed by atoms with Crippen molar-refractivity contribution in [1.29, 1.82) is 0 Å². The number of benzene rings is 1. The van der Waals surface area contributed by atoms with Crippen LogP contribution in [0.3, 0.4) is 0 Å². The van der Waals surface area contributed by atoms with Gasteiger partial charge in [0, 0.05) is 0 Å². The zero-order valence-electron chi connectivity index (χ0n) is 20.1. The number of allylic oxidation sites excluding steroid dienone is 4. The van der Waals surface area contributed by atoms with Gasteiger partial charge < -0.3 is 0 Å². The fourth-order valence-electron chi connectivity index (χ4n) is 3.85. The monoisotopic (exact) mass is 512 g/mol. The Morgan fingerprint density at radius 1 is 1.10 bits per heavy atom. The second kappa shape index (κ2) is 16.6. The molecule has 2 aromatic rings. The average molecular weight is 513 g/mol. The molecule has 0 fully saturated rings. The first-order valence-electron chi connectivity index (χ1n) is 11.6. The van der Waals surface area contributed by atoms with Gasteiger partial charge in [-0.05, 0) is 24.2 Å². The molecule has 0 nitrogen and oxygen atoms in total. The van der Waals surface area contributed by atoms with Gasteiger partial charge in [0.15, 0.2) is 0 Å². The molecule has 1 aliphatic carbocycles. The van der Waals surface area contributed by atoms with Crippen molar-refractivity contribution >= 4 is 42.6 Å². The van der Waals surface area contributed by atoms with Crippen LogP contribution in [0.2, 0.25) is 0 Å². The molecule has 0 spiro atoms. The quantitative estimate of drug-likeness (QED) is 0.187. The molecule has 0 amide bonds. The summed E-state index contributed by atoms with van der Waals surface area (Å²) in [5.74, 6) is 0. The Hall–Kier alpha value is 0.0343. The molecular weight excluding hydrogens is 474 g/mol. The van der Waals surface area contributed by atoms with Crippen LogP contribution in [-0.2, 0) is 17.0 Å². The number of hydrogen-bond acceptors (Lipinski definition) is 0. The second-order valence-corrected chi connectivity index (χ2v) is 13.9. The number of halogens is 2. The predicted molar refractivity (Wildman–Crippen MR) is 142 cm³/mol. The third-order valence-corrected chi connectivity index (χ3v) is 9.50. The van der Waals surface area contributed by atoms with Crippen LogP contribution in [0.1, 0.15) is 80.1 Å². The topological polar surface area (TPSA) is 0 Å². The van der Waals surface area contributed by atoms with Gasteiger partial charge in [-0.1, -0.05) is 67.9 Å². The van der Waals surface area contributed by atoms with Gasteiger partial charge in [0.25, 0.3) is 0 Å². The van der Waals surface area contributed by atoms with Crippen molar-refractivity contribution in [2.45, 2.75) is 91.4 Å². The summed E-state index contributed by atoms with van der Waals surface area (Å²) in [7, 11) is 9.75. The van der Waals surface area contributed by atoms with Crippen LogP contribution in [0.15, 0.2) is 53.6 Å². The molecule has 31 heavy (non-hydrogen) atoms. The van der Waals surface area contributed by atoms with Gasteiger partial charge in [-0.15, -0.1) is 53.7 Å². The molecule has 4 heteroatoms. The molecule has 0 N–H and O–H groups in total. The number of fused-ring (bicyclic) bond motifs is 1. The molecule has 0 aliphatic heterocycles. The summed E-state index contributed by atoms with van der Waals surface area (Å²) in [5.41, 5.74) is 4.56. The molecular formula is C27H39Cl2PTi-2. The molecule has 0 saturated carbocycles. The maximum absolute atomic E-state index is 4.89. The predicted octanol–water partition coefficient (Wildman–Crippen LogP) is 9.90. The van der Waals surface area contributed by atoms with Crippen LogP contribution < -0.4 is 5.30 Å². The van der Waals surface area contributed by atoms with Crippen LogP contribution in [0.4, 0.5) is 0 Å². The van der Waals surface area contributed by atoms with E-state index >= 15 is 0 Å². The van der Waals surface area contributed by atoms with E-state index in [1.54, 1.807) is 5.30 Å².